The van der Waals surface area contributed by atoms with Gasteiger partial charge in [-0.2, -0.15) is 0 Å². The molecule has 0 heterocycles. The van der Waals surface area contributed by atoms with Gasteiger partial charge in [0, 0.05) is 20.3 Å². The van der Waals surface area contributed by atoms with Crippen LogP contribution < -0.4 is 5.73 Å². The molecule has 0 aliphatic heterocycles. The summed E-state index contributed by atoms with van der Waals surface area (Å²) in [7, 11) is 0. The standard InChI is InChI=1S/C14H13BrFNS/c1-9(17)13-8-11(16)5-6-14(13)18-12-4-2-3-10(15)7-12/h2-9H,17H2,1H3/t9-/m1/s1. The third kappa shape index (κ3) is 3.34. The average Bonchev–Trinajstić information content (AvgIpc) is 2.31. The highest BCUT2D eigenvalue weighted by Crippen LogP contribution is 2.34. The molecule has 2 rings (SSSR count). The molecule has 0 bridgehead atoms. The van der Waals surface area contributed by atoms with E-state index in [-0.39, 0.29) is 11.9 Å². The summed E-state index contributed by atoms with van der Waals surface area (Å²) in [5, 5.41) is 0. The maximum Gasteiger partial charge on any atom is 0.123 e. The summed E-state index contributed by atoms with van der Waals surface area (Å²) in [6.07, 6.45) is 0. The molecule has 18 heavy (non-hydrogen) atoms. The molecule has 4 heteroatoms. The van der Waals surface area contributed by atoms with Crippen molar-refractivity contribution in [2.45, 2.75) is 22.8 Å². The van der Waals surface area contributed by atoms with Crippen LogP contribution in [0.15, 0.2) is 56.7 Å². The molecule has 1 atom stereocenters. The van der Waals surface area contributed by atoms with Crippen LogP contribution in [-0.2, 0) is 0 Å². The summed E-state index contributed by atoms with van der Waals surface area (Å²) in [4.78, 5) is 2.09. The van der Waals surface area contributed by atoms with E-state index in [0.717, 1.165) is 19.8 Å². The molecule has 0 saturated carbocycles. The first-order chi connectivity index (χ1) is 8.56. The third-order valence-electron chi connectivity index (χ3n) is 2.49. The van der Waals surface area contributed by atoms with Gasteiger partial charge in [0.1, 0.15) is 5.82 Å². The smallest absolute Gasteiger partial charge is 0.123 e. The number of halogens is 2. The molecule has 94 valence electrons. The average molecular weight is 326 g/mol. The molecule has 0 saturated heterocycles. The number of hydrogen-bond donors (Lipinski definition) is 1. The molecule has 0 aliphatic rings. The van der Waals surface area contributed by atoms with Gasteiger partial charge in [-0.25, -0.2) is 4.39 Å². The molecule has 0 aromatic heterocycles. The zero-order chi connectivity index (χ0) is 13.1. The molecular formula is C14H13BrFNS. The van der Waals surface area contributed by atoms with Gasteiger partial charge in [0.05, 0.1) is 0 Å². The predicted octanol–water partition coefficient (Wildman–Crippen LogP) is 4.76. The lowest BCUT2D eigenvalue weighted by Crippen LogP contribution is -2.06. The van der Waals surface area contributed by atoms with Crippen molar-refractivity contribution in [3.8, 4) is 0 Å². The molecule has 0 amide bonds. The Morgan fingerprint density at radius 3 is 2.67 bits per heavy atom. The van der Waals surface area contributed by atoms with Gasteiger partial charge in [-0.05, 0) is 48.9 Å². The monoisotopic (exact) mass is 325 g/mol. The van der Waals surface area contributed by atoms with E-state index in [1.807, 2.05) is 31.2 Å². The van der Waals surface area contributed by atoms with E-state index in [9.17, 15) is 4.39 Å². The summed E-state index contributed by atoms with van der Waals surface area (Å²) in [5.74, 6) is -0.249. The quantitative estimate of drug-likeness (QED) is 0.880. The molecule has 0 spiro atoms. The minimum atomic E-state index is -0.249. The molecule has 2 N–H and O–H groups in total. The van der Waals surface area contributed by atoms with Crippen molar-refractivity contribution in [1.82, 2.24) is 0 Å². The molecule has 0 aliphatic carbocycles. The van der Waals surface area contributed by atoms with Gasteiger partial charge in [-0.15, -0.1) is 0 Å². The van der Waals surface area contributed by atoms with Gasteiger partial charge < -0.3 is 5.73 Å². The lowest BCUT2D eigenvalue weighted by Gasteiger charge is -2.12. The zero-order valence-corrected chi connectivity index (χ0v) is 12.3. The minimum Gasteiger partial charge on any atom is -0.324 e. The Bertz CT molecular complexity index is 557. The summed E-state index contributed by atoms with van der Waals surface area (Å²) in [6, 6.07) is 12.6. The second-order valence-electron chi connectivity index (χ2n) is 4.03. The van der Waals surface area contributed by atoms with Crippen LogP contribution >= 0.6 is 27.7 Å². The molecule has 0 unspecified atom stereocenters. The second-order valence-corrected chi connectivity index (χ2v) is 6.06. The largest absolute Gasteiger partial charge is 0.324 e. The third-order valence-corrected chi connectivity index (χ3v) is 4.06. The maximum absolute atomic E-state index is 13.2. The first kappa shape index (κ1) is 13.6. The van der Waals surface area contributed by atoms with Crippen LogP contribution in [0.5, 0.6) is 0 Å². The number of hydrogen-bond acceptors (Lipinski definition) is 2. The molecule has 1 nitrogen and oxygen atoms in total. The van der Waals surface area contributed by atoms with E-state index >= 15 is 0 Å². The van der Waals surface area contributed by atoms with Gasteiger partial charge in [0.15, 0.2) is 0 Å². The first-order valence-electron chi connectivity index (χ1n) is 5.54. The Hall–Kier alpha value is -0.840. The van der Waals surface area contributed by atoms with Gasteiger partial charge in [0.25, 0.3) is 0 Å². The van der Waals surface area contributed by atoms with Crippen LogP contribution in [0.4, 0.5) is 4.39 Å². The Kier molecular flexibility index (Phi) is 4.43. The normalized spacial score (nSPS) is 12.4. The number of nitrogens with two attached hydrogens (primary N) is 1. The summed E-state index contributed by atoms with van der Waals surface area (Å²) < 4.78 is 14.3. The first-order valence-corrected chi connectivity index (χ1v) is 7.15. The summed E-state index contributed by atoms with van der Waals surface area (Å²) in [5.41, 5.74) is 6.71. The van der Waals surface area contributed by atoms with Crippen molar-refractivity contribution in [2.24, 2.45) is 5.73 Å². The van der Waals surface area contributed by atoms with Gasteiger partial charge >= 0.3 is 0 Å². The van der Waals surface area contributed by atoms with Crippen LogP contribution in [0.3, 0.4) is 0 Å². The fourth-order valence-corrected chi connectivity index (χ4v) is 3.26. The minimum absolute atomic E-state index is 0.185. The fraction of sp³-hybridized carbons (Fsp3) is 0.143. The van der Waals surface area contributed by atoms with Crippen LogP contribution in [-0.4, -0.2) is 0 Å². The van der Waals surface area contributed by atoms with Crippen LogP contribution in [0.2, 0.25) is 0 Å². The Morgan fingerprint density at radius 2 is 2.00 bits per heavy atom. The van der Waals surface area contributed by atoms with E-state index in [1.54, 1.807) is 17.8 Å². The van der Waals surface area contributed by atoms with E-state index in [2.05, 4.69) is 15.9 Å². The van der Waals surface area contributed by atoms with Crippen molar-refractivity contribution >= 4 is 27.7 Å². The Morgan fingerprint density at radius 1 is 1.22 bits per heavy atom. The number of benzene rings is 2. The second kappa shape index (κ2) is 5.87. The van der Waals surface area contributed by atoms with Gasteiger partial charge in [-0.3, -0.25) is 0 Å². The number of rotatable bonds is 3. The van der Waals surface area contributed by atoms with Crippen LogP contribution in [0.25, 0.3) is 0 Å². The molecule has 0 radical (unpaired) electrons. The molecule has 2 aromatic carbocycles. The Labute approximate surface area is 119 Å². The highest BCUT2D eigenvalue weighted by atomic mass is 79.9. The van der Waals surface area contributed by atoms with E-state index < -0.39 is 0 Å². The highest BCUT2D eigenvalue weighted by molar-refractivity contribution is 9.10. The molecule has 0 fully saturated rings. The summed E-state index contributed by atoms with van der Waals surface area (Å²) >= 11 is 5.03. The molecule has 2 aromatic rings. The predicted molar refractivity (Wildman–Crippen MR) is 77.3 cm³/mol. The lowest BCUT2D eigenvalue weighted by molar-refractivity contribution is 0.619. The lowest BCUT2D eigenvalue weighted by atomic mass is 10.1. The summed E-state index contributed by atoms with van der Waals surface area (Å²) in [6.45, 7) is 1.86. The Balaban J connectivity index is 2.34. The van der Waals surface area contributed by atoms with Crippen LogP contribution in [0, 0.1) is 5.82 Å². The van der Waals surface area contributed by atoms with Crippen molar-refractivity contribution in [2.75, 3.05) is 0 Å². The maximum atomic E-state index is 13.2. The van der Waals surface area contributed by atoms with Crippen LogP contribution in [0.1, 0.15) is 18.5 Å². The topological polar surface area (TPSA) is 26.0 Å². The van der Waals surface area contributed by atoms with Gasteiger partial charge in [-0.1, -0.05) is 33.8 Å². The molecular weight excluding hydrogens is 313 g/mol. The highest BCUT2D eigenvalue weighted by Gasteiger charge is 2.09. The van der Waals surface area contributed by atoms with Crippen molar-refractivity contribution < 1.29 is 4.39 Å². The zero-order valence-electron chi connectivity index (χ0n) is 9.86. The van der Waals surface area contributed by atoms with Crippen molar-refractivity contribution in [1.29, 1.82) is 0 Å². The van der Waals surface area contributed by atoms with Gasteiger partial charge in [0.2, 0.25) is 0 Å². The van der Waals surface area contributed by atoms with E-state index in [4.69, 9.17) is 5.73 Å². The van der Waals surface area contributed by atoms with Crippen molar-refractivity contribution in [3.63, 3.8) is 0 Å². The van der Waals surface area contributed by atoms with E-state index in [1.165, 1.54) is 12.1 Å². The van der Waals surface area contributed by atoms with Crippen molar-refractivity contribution in [3.05, 3.63) is 58.3 Å². The SMILES string of the molecule is C[C@@H](N)c1cc(F)ccc1Sc1cccc(Br)c1. The fourth-order valence-electron chi connectivity index (χ4n) is 1.63. The van der Waals surface area contributed by atoms with E-state index in [0.29, 0.717) is 0 Å².